The van der Waals surface area contributed by atoms with Crippen molar-refractivity contribution in [1.29, 1.82) is 0 Å². The number of carbonyl (C=O) groups is 1. The molecule has 0 amide bonds. The van der Waals surface area contributed by atoms with Crippen molar-refractivity contribution in [3.63, 3.8) is 0 Å². The van der Waals surface area contributed by atoms with Gasteiger partial charge in [0, 0.05) is 6.07 Å². The summed E-state index contributed by atoms with van der Waals surface area (Å²) in [6.45, 7) is 4.19. The van der Waals surface area contributed by atoms with Crippen molar-refractivity contribution in [2.24, 2.45) is 0 Å². The number of benzene rings is 1. The highest BCUT2D eigenvalue weighted by molar-refractivity contribution is 6.08. The largest absolute Gasteiger partial charge is 0.497 e. The number of rotatable bonds is 1. The van der Waals surface area contributed by atoms with Crippen molar-refractivity contribution >= 4 is 5.78 Å². The minimum atomic E-state index is -0.783. The molecule has 0 aromatic heterocycles. The number of ketones is 1. The second-order valence-electron chi connectivity index (χ2n) is 4.92. The minimum Gasteiger partial charge on any atom is -0.497 e. The molecule has 1 aromatic carbocycles. The Hall–Kier alpha value is -1.55. The topological polar surface area (TPSA) is 48.1 Å². The first-order valence-corrected chi connectivity index (χ1v) is 5.56. The molecule has 1 fully saturated rings. The van der Waals surface area contributed by atoms with Crippen LogP contribution in [0, 0.1) is 0 Å². The zero-order valence-electron chi connectivity index (χ0n) is 10.1. The van der Waals surface area contributed by atoms with Crippen LogP contribution in [0.4, 0.5) is 0 Å². The number of fused-ring (bicyclic) bond motifs is 1. The molecule has 17 heavy (non-hydrogen) atoms. The number of carbonyl (C=O) groups excluding carboxylic acids is 1. The second kappa shape index (κ2) is 3.01. The van der Waals surface area contributed by atoms with Crippen LogP contribution >= 0.6 is 0 Å². The summed E-state index contributed by atoms with van der Waals surface area (Å²) in [6.07, 6.45) is 0. The van der Waals surface area contributed by atoms with Gasteiger partial charge in [0.25, 0.3) is 0 Å². The smallest absolute Gasteiger partial charge is 0.204 e. The van der Waals surface area contributed by atoms with Crippen molar-refractivity contribution in [2.45, 2.75) is 25.0 Å². The summed E-state index contributed by atoms with van der Waals surface area (Å²) in [4.78, 5) is 12.4. The monoisotopic (exact) mass is 234 g/mol. The molecule has 1 aromatic rings. The van der Waals surface area contributed by atoms with Gasteiger partial charge < -0.3 is 14.2 Å². The lowest BCUT2D eigenvalue weighted by Gasteiger charge is -2.36. The fourth-order valence-corrected chi connectivity index (χ4v) is 2.30. The van der Waals surface area contributed by atoms with Crippen molar-refractivity contribution in [1.82, 2.24) is 0 Å². The maximum Gasteiger partial charge on any atom is 0.204 e. The molecule has 0 N–H and O–H groups in total. The maximum atomic E-state index is 12.4. The fraction of sp³-hybridized carbons (Fsp3) is 0.462. The van der Waals surface area contributed by atoms with E-state index in [9.17, 15) is 4.79 Å². The molecule has 1 spiro atoms. The average Bonchev–Trinajstić information content (AvgIpc) is 3.07. The zero-order chi connectivity index (χ0) is 12.3. The van der Waals surface area contributed by atoms with Crippen LogP contribution in [0.25, 0.3) is 0 Å². The number of Topliss-reactive ketones (excluding diaryl/α,β-unsaturated/α-hetero) is 1. The first-order valence-electron chi connectivity index (χ1n) is 5.56. The molecule has 2 aliphatic heterocycles. The summed E-state index contributed by atoms with van der Waals surface area (Å²) in [5.74, 6) is 1.26. The molecule has 90 valence electrons. The molecule has 0 bridgehead atoms. The summed E-state index contributed by atoms with van der Waals surface area (Å²) in [7, 11) is 1.59. The zero-order valence-corrected chi connectivity index (χ0v) is 10.1. The van der Waals surface area contributed by atoms with Crippen LogP contribution in [0.2, 0.25) is 0 Å². The van der Waals surface area contributed by atoms with E-state index in [1.807, 2.05) is 13.8 Å². The number of ether oxygens (including phenoxy) is 3. The third kappa shape index (κ3) is 1.24. The summed E-state index contributed by atoms with van der Waals surface area (Å²) in [6, 6.07) is 5.23. The Bertz CT molecular complexity index is 500. The number of hydrogen-bond donors (Lipinski definition) is 0. The molecule has 0 aliphatic carbocycles. The van der Waals surface area contributed by atoms with Gasteiger partial charge in [-0.25, -0.2) is 0 Å². The van der Waals surface area contributed by atoms with E-state index in [1.165, 1.54) is 0 Å². The highest BCUT2D eigenvalue weighted by Crippen LogP contribution is 2.49. The normalized spacial score (nSPS) is 28.5. The van der Waals surface area contributed by atoms with Gasteiger partial charge in [-0.3, -0.25) is 4.79 Å². The van der Waals surface area contributed by atoms with Gasteiger partial charge in [-0.1, -0.05) is 0 Å². The maximum absolute atomic E-state index is 12.4. The third-order valence-electron chi connectivity index (χ3n) is 3.57. The van der Waals surface area contributed by atoms with Crippen LogP contribution in [0.1, 0.15) is 24.2 Å². The Kier molecular flexibility index (Phi) is 1.88. The molecular weight excluding hydrogens is 220 g/mol. The molecule has 2 heterocycles. The van der Waals surface area contributed by atoms with Crippen molar-refractivity contribution in [3.8, 4) is 11.5 Å². The van der Waals surface area contributed by atoms with Crippen LogP contribution in [0.15, 0.2) is 18.2 Å². The lowest BCUT2D eigenvalue weighted by molar-refractivity contribution is 0.00872. The number of epoxide rings is 1. The first kappa shape index (κ1) is 10.6. The van der Waals surface area contributed by atoms with Gasteiger partial charge in [0.05, 0.1) is 19.3 Å². The van der Waals surface area contributed by atoms with Crippen LogP contribution < -0.4 is 9.47 Å². The predicted molar refractivity (Wildman–Crippen MR) is 60.7 cm³/mol. The van der Waals surface area contributed by atoms with Gasteiger partial charge in [-0.2, -0.15) is 0 Å². The van der Waals surface area contributed by atoms with Crippen LogP contribution in [-0.2, 0) is 4.74 Å². The summed E-state index contributed by atoms with van der Waals surface area (Å²) in [5, 5.41) is 0. The van der Waals surface area contributed by atoms with Gasteiger partial charge in [-0.05, 0) is 26.0 Å². The average molecular weight is 234 g/mol. The first-order chi connectivity index (χ1) is 8.00. The third-order valence-corrected chi connectivity index (χ3v) is 3.57. The van der Waals surface area contributed by atoms with Gasteiger partial charge in [0.1, 0.15) is 17.1 Å². The molecule has 0 saturated carbocycles. The van der Waals surface area contributed by atoms with E-state index in [0.717, 1.165) is 0 Å². The quantitative estimate of drug-likeness (QED) is 0.695. The Morgan fingerprint density at radius 3 is 2.65 bits per heavy atom. The van der Waals surface area contributed by atoms with Crippen molar-refractivity contribution < 1.29 is 19.0 Å². The van der Waals surface area contributed by atoms with Crippen LogP contribution in [-0.4, -0.2) is 30.7 Å². The summed E-state index contributed by atoms with van der Waals surface area (Å²) < 4.78 is 16.4. The lowest BCUT2D eigenvalue weighted by atomic mass is 9.81. The van der Waals surface area contributed by atoms with Crippen molar-refractivity contribution in [2.75, 3.05) is 13.7 Å². The fourth-order valence-electron chi connectivity index (χ4n) is 2.30. The highest BCUT2D eigenvalue weighted by Gasteiger charge is 2.67. The lowest BCUT2D eigenvalue weighted by Crippen LogP contribution is -2.53. The van der Waals surface area contributed by atoms with Gasteiger partial charge in [-0.15, -0.1) is 0 Å². The molecule has 1 saturated heterocycles. The van der Waals surface area contributed by atoms with E-state index < -0.39 is 11.2 Å². The van der Waals surface area contributed by atoms with E-state index in [0.29, 0.717) is 23.7 Å². The van der Waals surface area contributed by atoms with E-state index in [-0.39, 0.29) is 5.78 Å². The predicted octanol–water partition coefficient (Wildman–Crippen LogP) is 1.82. The Balaban J connectivity index is 2.13. The molecule has 4 nitrogen and oxygen atoms in total. The van der Waals surface area contributed by atoms with Crippen molar-refractivity contribution in [3.05, 3.63) is 23.8 Å². The molecule has 0 radical (unpaired) electrons. The standard InChI is InChI=1S/C13H14O4/c1-12(2)13(7-16-13)11(14)9-5-4-8(15-3)6-10(9)17-12/h4-6H,7H2,1-3H3. The minimum absolute atomic E-state index is 0.00593. The molecule has 2 aliphatic rings. The Morgan fingerprint density at radius 2 is 2.06 bits per heavy atom. The SMILES string of the molecule is COc1ccc2c(c1)OC(C)(C)C1(CO1)C2=O. The van der Waals surface area contributed by atoms with E-state index in [4.69, 9.17) is 14.2 Å². The van der Waals surface area contributed by atoms with E-state index >= 15 is 0 Å². The Labute approximate surface area is 99.5 Å². The molecule has 4 heteroatoms. The van der Waals surface area contributed by atoms with Gasteiger partial charge >= 0.3 is 0 Å². The summed E-state index contributed by atoms with van der Waals surface area (Å²) in [5.41, 5.74) is -0.847. The molecule has 1 unspecified atom stereocenters. The van der Waals surface area contributed by atoms with E-state index in [1.54, 1.807) is 25.3 Å². The van der Waals surface area contributed by atoms with Crippen LogP contribution in [0.5, 0.6) is 11.5 Å². The van der Waals surface area contributed by atoms with Gasteiger partial charge in [0.15, 0.2) is 5.60 Å². The number of methoxy groups -OCH3 is 1. The second-order valence-corrected chi connectivity index (χ2v) is 4.92. The molecule has 3 rings (SSSR count). The highest BCUT2D eigenvalue weighted by atomic mass is 16.6. The van der Waals surface area contributed by atoms with Crippen LogP contribution in [0.3, 0.4) is 0 Å². The summed E-state index contributed by atoms with van der Waals surface area (Å²) >= 11 is 0. The molecular formula is C13H14O4. The van der Waals surface area contributed by atoms with Gasteiger partial charge in [0.2, 0.25) is 5.78 Å². The van der Waals surface area contributed by atoms with E-state index in [2.05, 4.69) is 0 Å². The number of hydrogen-bond acceptors (Lipinski definition) is 4. The molecule has 1 atom stereocenters. The Morgan fingerprint density at radius 1 is 1.35 bits per heavy atom.